The Balaban J connectivity index is 1.74. The van der Waals surface area contributed by atoms with Crippen molar-refractivity contribution in [3.05, 3.63) is 69.9 Å². The van der Waals surface area contributed by atoms with Crippen molar-refractivity contribution >= 4 is 38.6 Å². The van der Waals surface area contributed by atoms with Crippen LogP contribution in [0.2, 0.25) is 0 Å². The third-order valence-electron chi connectivity index (χ3n) is 5.99. The molecule has 0 amide bonds. The molecule has 0 aliphatic carbocycles. The highest BCUT2D eigenvalue weighted by Crippen LogP contribution is 2.40. The van der Waals surface area contributed by atoms with Gasteiger partial charge < -0.3 is 9.64 Å². The van der Waals surface area contributed by atoms with Gasteiger partial charge in [-0.2, -0.15) is 0 Å². The molecular formula is C25H29N3O4S2. The van der Waals surface area contributed by atoms with Crippen molar-refractivity contribution in [1.29, 1.82) is 0 Å². The summed E-state index contributed by atoms with van der Waals surface area (Å²) in [6.45, 7) is 8.12. The summed E-state index contributed by atoms with van der Waals surface area (Å²) >= 11 is 1.66. The van der Waals surface area contributed by atoms with E-state index in [1.54, 1.807) is 43.8 Å². The van der Waals surface area contributed by atoms with Crippen LogP contribution in [-0.4, -0.2) is 43.9 Å². The maximum atomic E-state index is 13.3. The largest absolute Gasteiger partial charge is 0.466 e. The summed E-state index contributed by atoms with van der Waals surface area (Å²) in [5.41, 5.74) is 4.74. The molecule has 0 spiro atoms. The van der Waals surface area contributed by atoms with E-state index in [0.717, 1.165) is 35.0 Å². The number of amidine groups is 1. The van der Waals surface area contributed by atoms with Gasteiger partial charge in [0.25, 0.3) is 10.0 Å². The Morgan fingerprint density at radius 1 is 1.15 bits per heavy atom. The van der Waals surface area contributed by atoms with E-state index in [1.807, 2.05) is 32.0 Å². The lowest BCUT2D eigenvalue weighted by Crippen LogP contribution is -2.42. The molecule has 0 bridgehead atoms. The van der Waals surface area contributed by atoms with E-state index in [4.69, 9.17) is 4.74 Å². The SMILES string of the molecule is COC(=O)C1=C(C)N=C2SCCCN2[C@H]1c1cccc(NS(=O)(=O)c2c(C)cc(C)cc2C)c1. The number of nitrogens with one attached hydrogen (secondary N) is 1. The van der Waals surface area contributed by atoms with Crippen molar-refractivity contribution in [2.45, 2.75) is 45.1 Å². The molecule has 4 rings (SSSR count). The van der Waals surface area contributed by atoms with Crippen LogP contribution >= 0.6 is 11.8 Å². The number of aryl methyl sites for hydroxylation is 3. The zero-order valence-electron chi connectivity index (χ0n) is 20.0. The molecule has 1 saturated heterocycles. The van der Waals surface area contributed by atoms with Gasteiger partial charge in [-0.05, 0) is 62.9 Å². The molecule has 7 nitrogen and oxygen atoms in total. The maximum Gasteiger partial charge on any atom is 0.338 e. The summed E-state index contributed by atoms with van der Waals surface area (Å²) in [4.78, 5) is 19.8. The summed E-state index contributed by atoms with van der Waals surface area (Å²) in [6, 6.07) is 10.5. The van der Waals surface area contributed by atoms with E-state index in [9.17, 15) is 13.2 Å². The number of sulfonamides is 1. The number of esters is 1. The molecule has 0 unspecified atom stereocenters. The average molecular weight is 500 g/mol. The predicted molar refractivity (Wildman–Crippen MR) is 137 cm³/mol. The molecule has 0 saturated carbocycles. The fraction of sp³-hybridized carbons (Fsp3) is 0.360. The normalized spacial score (nSPS) is 18.3. The number of hydrogen-bond donors (Lipinski definition) is 1. The highest BCUT2D eigenvalue weighted by molar-refractivity contribution is 8.13. The first kappa shape index (κ1) is 24.3. The number of carbonyl (C=O) groups excluding carboxylic acids is 1. The number of anilines is 1. The van der Waals surface area contributed by atoms with Gasteiger partial charge >= 0.3 is 5.97 Å². The quantitative estimate of drug-likeness (QED) is 0.600. The lowest BCUT2D eigenvalue weighted by atomic mass is 9.94. The molecule has 1 atom stereocenters. The molecule has 34 heavy (non-hydrogen) atoms. The maximum absolute atomic E-state index is 13.3. The predicted octanol–water partition coefficient (Wildman–Crippen LogP) is 4.71. The van der Waals surface area contributed by atoms with Crippen molar-refractivity contribution in [2.24, 2.45) is 4.99 Å². The molecule has 2 aromatic carbocycles. The molecule has 2 aliphatic rings. The van der Waals surface area contributed by atoms with Gasteiger partial charge in [0.1, 0.15) is 0 Å². The van der Waals surface area contributed by atoms with E-state index in [1.165, 1.54) is 7.11 Å². The van der Waals surface area contributed by atoms with Gasteiger partial charge in [-0.1, -0.05) is 41.6 Å². The topological polar surface area (TPSA) is 88.1 Å². The Hall–Kier alpha value is -2.78. The minimum atomic E-state index is -3.80. The lowest BCUT2D eigenvalue weighted by molar-refractivity contribution is -0.136. The van der Waals surface area contributed by atoms with Crippen LogP contribution in [0, 0.1) is 20.8 Å². The summed E-state index contributed by atoms with van der Waals surface area (Å²) in [5, 5.41) is 0.873. The highest BCUT2D eigenvalue weighted by atomic mass is 32.2. The summed E-state index contributed by atoms with van der Waals surface area (Å²) in [6.07, 6.45) is 0.964. The van der Waals surface area contributed by atoms with Crippen LogP contribution < -0.4 is 4.72 Å². The number of thioether (sulfide) groups is 1. The van der Waals surface area contributed by atoms with Crippen molar-refractivity contribution in [2.75, 3.05) is 24.1 Å². The number of hydrogen-bond acceptors (Lipinski definition) is 7. The minimum absolute atomic E-state index is 0.286. The van der Waals surface area contributed by atoms with Crippen LogP contribution in [0.1, 0.15) is 41.6 Å². The molecule has 1 fully saturated rings. The van der Waals surface area contributed by atoms with E-state index in [-0.39, 0.29) is 4.90 Å². The van der Waals surface area contributed by atoms with Crippen LogP contribution in [-0.2, 0) is 19.6 Å². The number of benzene rings is 2. The fourth-order valence-corrected chi connectivity index (χ4v) is 7.28. The lowest BCUT2D eigenvalue weighted by Gasteiger charge is -2.40. The van der Waals surface area contributed by atoms with E-state index in [2.05, 4.69) is 14.6 Å². The molecule has 0 radical (unpaired) electrons. The standard InChI is InChI=1S/C25H29N3O4S2/c1-15-12-16(2)23(17(3)13-15)34(30,31)27-20-9-6-8-19(14-20)22-21(24(29)32-5)18(4)26-25-28(22)10-7-11-33-25/h6,8-9,12-14,22,27H,7,10-11H2,1-5H3/t22-/m0/s1. The number of fused-ring (bicyclic) bond motifs is 1. The third kappa shape index (κ3) is 4.59. The summed E-state index contributed by atoms with van der Waals surface area (Å²) in [5.74, 6) is 0.538. The number of methoxy groups -OCH3 is 1. The van der Waals surface area contributed by atoms with Crippen molar-refractivity contribution in [1.82, 2.24) is 4.90 Å². The zero-order valence-corrected chi connectivity index (χ0v) is 21.6. The number of allylic oxidation sites excluding steroid dienone is 1. The second kappa shape index (κ2) is 9.46. The Labute approximate surface area is 205 Å². The first-order chi connectivity index (χ1) is 16.1. The zero-order chi connectivity index (χ0) is 24.6. The van der Waals surface area contributed by atoms with Gasteiger partial charge in [0.05, 0.1) is 29.3 Å². The van der Waals surface area contributed by atoms with Crippen LogP contribution in [0.3, 0.4) is 0 Å². The first-order valence-corrected chi connectivity index (χ1v) is 13.6. The van der Waals surface area contributed by atoms with Gasteiger partial charge in [-0.3, -0.25) is 4.72 Å². The molecular weight excluding hydrogens is 470 g/mol. The van der Waals surface area contributed by atoms with E-state index < -0.39 is 22.0 Å². The third-order valence-corrected chi connectivity index (χ3v) is 8.75. The minimum Gasteiger partial charge on any atom is -0.466 e. The molecule has 2 aliphatic heterocycles. The molecule has 0 aromatic heterocycles. The average Bonchev–Trinajstić information content (AvgIpc) is 2.76. The van der Waals surface area contributed by atoms with Gasteiger partial charge in [0.15, 0.2) is 5.17 Å². The summed E-state index contributed by atoms with van der Waals surface area (Å²) in [7, 11) is -2.44. The van der Waals surface area contributed by atoms with Gasteiger partial charge in [0, 0.05) is 18.0 Å². The Bertz CT molecular complexity index is 1290. The molecule has 2 heterocycles. The molecule has 9 heteroatoms. The van der Waals surface area contributed by atoms with Crippen molar-refractivity contribution < 1.29 is 17.9 Å². The van der Waals surface area contributed by atoms with E-state index >= 15 is 0 Å². The van der Waals surface area contributed by atoms with E-state index in [0.29, 0.717) is 28.1 Å². The van der Waals surface area contributed by atoms with Gasteiger partial charge in [0.2, 0.25) is 0 Å². The van der Waals surface area contributed by atoms with Gasteiger partial charge in [-0.25, -0.2) is 18.2 Å². The second-order valence-corrected chi connectivity index (χ2v) is 11.3. The number of nitrogens with zero attached hydrogens (tertiary/aromatic N) is 2. The Morgan fingerprint density at radius 3 is 2.53 bits per heavy atom. The fourth-order valence-electron chi connectivity index (χ4n) is 4.76. The number of ether oxygens (including phenoxy) is 1. The smallest absolute Gasteiger partial charge is 0.338 e. The molecule has 2 aromatic rings. The van der Waals surface area contributed by atoms with Crippen molar-refractivity contribution in [3.8, 4) is 0 Å². The number of carbonyl (C=O) groups is 1. The second-order valence-electron chi connectivity index (χ2n) is 8.64. The van der Waals surface area contributed by atoms with Crippen LogP contribution in [0.25, 0.3) is 0 Å². The number of aliphatic imine (C=N–C) groups is 1. The van der Waals surface area contributed by atoms with Crippen LogP contribution in [0.4, 0.5) is 5.69 Å². The van der Waals surface area contributed by atoms with Gasteiger partial charge in [-0.15, -0.1) is 0 Å². The molecule has 180 valence electrons. The summed E-state index contributed by atoms with van der Waals surface area (Å²) < 4.78 is 34.5. The first-order valence-electron chi connectivity index (χ1n) is 11.1. The molecule has 1 N–H and O–H groups in total. The number of rotatable bonds is 5. The highest BCUT2D eigenvalue weighted by Gasteiger charge is 2.37. The van der Waals surface area contributed by atoms with Crippen LogP contribution in [0.5, 0.6) is 0 Å². The Kier molecular flexibility index (Phi) is 6.78. The van der Waals surface area contributed by atoms with Crippen molar-refractivity contribution in [3.63, 3.8) is 0 Å². The van der Waals surface area contributed by atoms with Crippen LogP contribution in [0.15, 0.2) is 57.6 Å². The monoisotopic (exact) mass is 499 g/mol. The Morgan fingerprint density at radius 2 is 1.85 bits per heavy atom.